The molecule has 0 aliphatic heterocycles. The Morgan fingerprint density at radius 3 is 1.04 bits per heavy atom. The fraction of sp³-hybridized carbons (Fsp3) is 0.833. The summed E-state index contributed by atoms with van der Waals surface area (Å²) < 4.78 is 4.83. The topological polar surface area (TPSA) is 48.3 Å². The van der Waals surface area contributed by atoms with Crippen molar-refractivity contribution >= 4 is 50.1 Å². The predicted molar refractivity (Wildman–Crippen MR) is 131 cm³/mol. The van der Waals surface area contributed by atoms with E-state index in [1.165, 1.54) is 0 Å². The van der Waals surface area contributed by atoms with E-state index in [0.717, 1.165) is 17.8 Å². The third kappa shape index (κ3) is 7.43. The number of rotatable bonds is 6. The maximum absolute atomic E-state index is 12.5. The second-order valence-corrected chi connectivity index (χ2v) is 31.7. The molecule has 1 aliphatic carbocycles. The normalized spacial score (nSPS) is 20.4. The first-order valence-electron chi connectivity index (χ1n) is 10.1. The van der Waals surface area contributed by atoms with Gasteiger partial charge in [0.25, 0.3) is 0 Å². The standard InChI is InChI=1S/C18H42N4OSi4/c1-24(2,3)21(25(4,5)6)19-16-13-17(15-18(23)14-16)20-22(26(7,8)9)27(10,11)12/h13-15H2,1-12H3. The van der Waals surface area contributed by atoms with E-state index >= 15 is 0 Å². The minimum atomic E-state index is -1.58. The van der Waals surface area contributed by atoms with E-state index in [1.54, 1.807) is 0 Å². The van der Waals surface area contributed by atoms with Gasteiger partial charge in [0.05, 0.1) is 0 Å². The summed E-state index contributed by atoms with van der Waals surface area (Å²) in [4.78, 5) is 12.5. The second kappa shape index (κ2) is 8.08. The molecule has 0 aromatic heterocycles. The lowest BCUT2D eigenvalue weighted by Gasteiger charge is -2.43. The van der Waals surface area contributed by atoms with Crippen LogP contribution in [-0.4, -0.2) is 58.8 Å². The van der Waals surface area contributed by atoms with Gasteiger partial charge in [0.2, 0.25) is 0 Å². The highest BCUT2D eigenvalue weighted by Gasteiger charge is 2.36. The van der Waals surface area contributed by atoms with Gasteiger partial charge < -0.3 is 8.68 Å². The van der Waals surface area contributed by atoms with Crippen molar-refractivity contribution in [2.24, 2.45) is 10.2 Å². The van der Waals surface area contributed by atoms with Crippen molar-refractivity contribution in [1.82, 2.24) is 8.68 Å². The monoisotopic (exact) mass is 442 g/mol. The van der Waals surface area contributed by atoms with Crippen LogP contribution in [0.5, 0.6) is 0 Å². The lowest BCUT2D eigenvalue weighted by Crippen LogP contribution is -2.57. The van der Waals surface area contributed by atoms with E-state index < -0.39 is 32.9 Å². The van der Waals surface area contributed by atoms with E-state index in [2.05, 4.69) is 87.2 Å². The van der Waals surface area contributed by atoms with Crippen molar-refractivity contribution in [1.29, 1.82) is 0 Å². The van der Waals surface area contributed by atoms with E-state index in [-0.39, 0.29) is 5.78 Å². The minimum absolute atomic E-state index is 0.260. The van der Waals surface area contributed by atoms with Gasteiger partial charge >= 0.3 is 0 Å². The second-order valence-electron chi connectivity index (χ2n) is 11.7. The summed E-state index contributed by atoms with van der Waals surface area (Å²) in [5, 5.41) is 10.2. The number of nitrogens with zero attached hydrogens (tertiary/aromatic N) is 4. The van der Waals surface area contributed by atoms with Crippen molar-refractivity contribution < 1.29 is 4.79 Å². The van der Waals surface area contributed by atoms with Gasteiger partial charge in [-0.15, -0.1) is 0 Å². The van der Waals surface area contributed by atoms with Crippen molar-refractivity contribution in [3.8, 4) is 0 Å². The maximum Gasteiger partial charge on any atom is 0.158 e. The third-order valence-corrected chi connectivity index (χ3v) is 17.8. The SMILES string of the molecule is C[Si](C)(C)N(N=C1CC(=O)CC(=NN([Si](C)(C)C)[Si](C)(C)C)C1)[Si](C)(C)C. The molecule has 1 rings (SSSR count). The first-order valence-corrected chi connectivity index (χ1v) is 23.9. The van der Waals surface area contributed by atoms with Gasteiger partial charge in [-0.05, 0) is 0 Å². The molecule has 0 amide bonds. The smallest absolute Gasteiger partial charge is 0.158 e. The van der Waals surface area contributed by atoms with Crippen molar-refractivity contribution in [3.63, 3.8) is 0 Å². The molecule has 27 heavy (non-hydrogen) atoms. The van der Waals surface area contributed by atoms with E-state index in [1.807, 2.05) is 0 Å². The highest BCUT2D eigenvalue weighted by atomic mass is 28.4. The molecule has 0 heterocycles. The maximum atomic E-state index is 12.5. The predicted octanol–water partition coefficient (Wildman–Crippen LogP) is 5.40. The van der Waals surface area contributed by atoms with Gasteiger partial charge in [-0.1, -0.05) is 78.6 Å². The van der Waals surface area contributed by atoms with Crippen LogP contribution in [0.25, 0.3) is 0 Å². The van der Waals surface area contributed by atoms with Gasteiger partial charge in [-0.25, -0.2) is 10.2 Å². The van der Waals surface area contributed by atoms with Gasteiger partial charge in [0.1, 0.15) is 5.78 Å². The Balaban J connectivity index is 3.28. The Hall–Kier alpha value is -0.522. The zero-order valence-electron chi connectivity index (χ0n) is 19.8. The summed E-state index contributed by atoms with van der Waals surface area (Å²) in [6.07, 6.45) is 1.73. The summed E-state index contributed by atoms with van der Waals surface area (Å²) in [5.74, 6) is 0.260. The van der Waals surface area contributed by atoms with Crippen LogP contribution >= 0.6 is 0 Å². The highest BCUT2D eigenvalue weighted by Crippen LogP contribution is 2.25. The average Bonchev–Trinajstić information content (AvgIpc) is 2.36. The zero-order valence-corrected chi connectivity index (χ0v) is 23.8. The molecule has 156 valence electrons. The van der Waals surface area contributed by atoms with Crippen LogP contribution in [0.3, 0.4) is 0 Å². The van der Waals surface area contributed by atoms with E-state index in [4.69, 9.17) is 10.2 Å². The Kier molecular flexibility index (Phi) is 7.33. The Morgan fingerprint density at radius 1 is 0.556 bits per heavy atom. The van der Waals surface area contributed by atoms with Crippen LogP contribution in [0, 0.1) is 0 Å². The molecule has 0 aromatic rings. The van der Waals surface area contributed by atoms with Gasteiger partial charge in [-0.2, -0.15) is 0 Å². The fourth-order valence-electron chi connectivity index (χ4n) is 3.91. The molecule has 0 saturated heterocycles. The molecule has 9 heteroatoms. The Bertz CT molecular complexity index is 539. The van der Waals surface area contributed by atoms with Crippen LogP contribution in [0.4, 0.5) is 0 Å². The molecular weight excluding hydrogens is 401 g/mol. The zero-order chi connectivity index (χ0) is 21.4. The number of Topliss-reactive ketones (excluding diaryl/α,β-unsaturated/α-hetero) is 1. The van der Waals surface area contributed by atoms with Gasteiger partial charge in [0, 0.05) is 30.7 Å². The Morgan fingerprint density at radius 2 is 0.815 bits per heavy atom. The van der Waals surface area contributed by atoms with Crippen molar-refractivity contribution in [2.75, 3.05) is 0 Å². The molecule has 0 bridgehead atoms. The van der Waals surface area contributed by atoms with Crippen LogP contribution < -0.4 is 0 Å². The number of hydrogen-bond acceptors (Lipinski definition) is 5. The molecule has 0 atom stereocenters. The van der Waals surface area contributed by atoms with Crippen LogP contribution in [0.15, 0.2) is 10.2 Å². The lowest BCUT2D eigenvalue weighted by molar-refractivity contribution is -0.117. The average molecular weight is 443 g/mol. The quantitative estimate of drug-likeness (QED) is 0.409. The molecule has 5 nitrogen and oxygen atoms in total. The fourth-order valence-corrected chi connectivity index (χ4v) is 21.8. The molecule has 0 aromatic carbocycles. The summed E-state index contributed by atoms with van der Waals surface area (Å²) in [6, 6.07) is 0. The summed E-state index contributed by atoms with van der Waals surface area (Å²) in [6.45, 7) is 28.1. The first-order chi connectivity index (χ1) is 11.8. The largest absolute Gasteiger partial charge is 0.350 e. The van der Waals surface area contributed by atoms with Crippen molar-refractivity contribution in [3.05, 3.63) is 0 Å². The number of hydrogen-bond donors (Lipinski definition) is 0. The van der Waals surface area contributed by atoms with E-state index in [9.17, 15) is 4.79 Å². The van der Waals surface area contributed by atoms with Crippen LogP contribution in [0.1, 0.15) is 19.3 Å². The van der Waals surface area contributed by atoms with Crippen LogP contribution in [0.2, 0.25) is 78.6 Å². The summed E-state index contributed by atoms with van der Waals surface area (Å²) in [5.41, 5.74) is 2.03. The first kappa shape index (κ1) is 24.5. The summed E-state index contributed by atoms with van der Waals surface area (Å²) >= 11 is 0. The minimum Gasteiger partial charge on any atom is -0.350 e. The highest BCUT2D eigenvalue weighted by molar-refractivity contribution is 6.90. The molecule has 1 aliphatic rings. The molecule has 0 unspecified atom stereocenters. The summed E-state index contributed by atoms with van der Waals surface area (Å²) in [7, 11) is -6.33. The molecule has 1 fully saturated rings. The number of carbonyl (C=O) groups excluding carboxylic acids is 1. The van der Waals surface area contributed by atoms with Gasteiger partial charge in [-0.3, -0.25) is 4.79 Å². The lowest BCUT2D eigenvalue weighted by atomic mass is 9.95. The third-order valence-electron chi connectivity index (χ3n) is 4.24. The molecule has 1 saturated carbocycles. The van der Waals surface area contributed by atoms with Crippen LogP contribution in [-0.2, 0) is 4.79 Å². The Labute approximate surface area is 171 Å². The number of ketones is 1. The number of carbonyl (C=O) groups is 1. The van der Waals surface area contributed by atoms with Gasteiger partial charge in [0.15, 0.2) is 32.9 Å². The van der Waals surface area contributed by atoms with E-state index in [0.29, 0.717) is 12.8 Å². The molecule has 0 spiro atoms. The molecule has 0 N–H and O–H groups in total. The van der Waals surface area contributed by atoms with Crippen molar-refractivity contribution in [2.45, 2.75) is 97.8 Å². The number of hydrazone groups is 2. The molecule has 0 radical (unpaired) electrons. The molecular formula is C18H42N4OSi4.